The number of aliphatic hydroxyl groups is 1. The minimum Gasteiger partial charge on any atom is -0.388 e. The van der Waals surface area contributed by atoms with Crippen LogP contribution in [0.15, 0.2) is 29.4 Å². The van der Waals surface area contributed by atoms with Gasteiger partial charge in [0.25, 0.3) is 0 Å². The lowest BCUT2D eigenvalue weighted by atomic mass is 10.0. The van der Waals surface area contributed by atoms with Gasteiger partial charge in [-0.2, -0.15) is 0 Å². The van der Waals surface area contributed by atoms with Gasteiger partial charge in [0.05, 0.1) is 0 Å². The number of thioether (sulfide) groups is 1. The Labute approximate surface area is 129 Å². The molecule has 0 unspecified atom stereocenters. The van der Waals surface area contributed by atoms with Gasteiger partial charge in [-0.1, -0.05) is 49.9 Å². The Kier molecular flexibility index (Phi) is 4.31. The van der Waals surface area contributed by atoms with Crippen molar-refractivity contribution >= 4 is 11.8 Å². The standard InChI is InChI=1S/C16H21N3OS/c1-11(2)13-5-3-12(4-6-13)10-21-16-18-17-15(9-20)19(16)14-7-8-14/h3-6,11,14,20H,7-10H2,1-2H3. The van der Waals surface area contributed by atoms with Crippen LogP contribution in [-0.4, -0.2) is 19.9 Å². The predicted octanol–water partition coefficient (Wildman–Crippen LogP) is 3.52. The van der Waals surface area contributed by atoms with E-state index in [0.717, 1.165) is 10.9 Å². The maximum absolute atomic E-state index is 9.34. The Morgan fingerprint density at radius 2 is 1.95 bits per heavy atom. The molecule has 0 spiro atoms. The lowest BCUT2D eigenvalue weighted by molar-refractivity contribution is 0.263. The highest BCUT2D eigenvalue weighted by molar-refractivity contribution is 7.98. The Hall–Kier alpha value is -1.33. The number of aliphatic hydroxyl groups excluding tert-OH is 1. The van der Waals surface area contributed by atoms with Gasteiger partial charge >= 0.3 is 0 Å². The minimum absolute atomic E-state index is 0.0346. The van der Waals surface area contributed by atoms with Crippen LogP contribution in [0, 0.1) is 0 Å². The molecule has 1 fully saturated rings. The lowest BCUT2D eigenvalue weighted by Crippen LogP contribution is -2.02. The van der Waals surface area contributed by atoms with Crippen LogP contribution in [0.3, 0.4) is 0 Å². The fourth-order valence-electron chi connectivity index (χ4n) is 2.36. The van der Waals surface area contributed by atoms with Gasteiger partial charge in [-0.05, 0) is 29.9 Å². The van der Waals surface area contributed by atoms with Gasteiger partial charge in [-0.25, -0.2) is 0 Å². The average Bonchev–Trinajstić information content (AvgIpc) is 3.25. The van der Waals surface area contributed by atoms with Crippen molar-refractivity contribution in [3.63, 3.8) is 0 Å². The molecule has 2 aromatic rings. The molecule has 1 aromatic heterocycles. The molecule has 0 saturated heterocycles. The van der Waals surface area contributed by atoms with Crippen molar-refractivity contribution in [2.45, 2.75) is 56.2 Å². The summed E-state index contributed by atoms with van der Waals surface area (Å²) in [5.41, 5.74) is 2.66. The van der Waals surface area contributed by atoms with Crippen molar-refractivity contribution < 1.29 is 5.11 Å². The van der Waals surface area contributed by atoms with E-state index >= 15 is 0 Å². The number of hydrogen-bond acceptors (Lipinski definition) is 4. The highest BCUT2D eigenvalue weighted by Gasteiger charge is 2.29. The molecular formula is C16H21N3OS. The van der Waals surface area contributed by atoms with E-state index in [1.807, 2.05) is 0 Å². The SMILES string of the molecule is CC(C)c1ccc(CSc2nnc(CO)n2C2CC2)cc1. The van der Waals surface area contributed by atoms with Gasteiger partial charge in [-0.3, -0.25) is 0 Å². The van der Waals surface area contributed by atoms with Gasteiger partial charge in [0.1, 0.15) is 6.61 Å². The zero-order valence-corrected chi connectivity index (χ0v) is 13.3. The van der Waals surface area contributed by atoms with E-state index in [0.29, 0.717) is 17.8 Å². The van der Waals surface area contributed by atoms with Crippen LogP contribution in [0.25, 0.3) is 0 Å². The monoisotopic (exact) mass is 303 g/mol. The summed E-state index contributed by atoms with van der Waals surface area (Å²) in [5, 5.41) is 18.6. The van der Waals surface area contributed by atoms with Crippen LogP contribution >= 0.6 is 11.8 Å². The number of benzene rings is 1. The molecule has 1 N–H and O–H groups in total. The zero-order chi connectivity index (χ0) is 14.8. The third-order valence-electron chi connectivity index (χ3n) is 3.80. The van der Waals surface area contributed by atoms with E-state index < -0.39 is 0 Å². The Morgan fingerprint density at radius 3 is 2.52 bits per heavy atom. The summed E-state index contributed by atoms with van der Waals surface area (Å²) < 4.78 is 2.10. The Balaban J connectivity index is 1.68. The smallest absolute Gasteiger partial charge is 0.191 e. The summed E-state index contributed by atoms with van der Waals surface area (Å²) >= 11 is 1.70. The van der Waals surface area contributed by atoms with Crippen molar-refractivity contribution in [3.8, 4) is 0 Å². The molecule has 0 aliphatic heterocycles. The zero-order valence-electron chi connectivity index (χ0n) is 12.5. The highest BCUT2D eigenvalue weighted by atomic mass is 32.2. The maximum Gasteiger partial charge on any atom is 0.191 e. The first-order valence-electron chi connectivity index (χ1n) is 7.45. The van der Waals surface area contributed by atoms with E-state index in [9.17, 15) is 5.11 Å². The van der Waals surface area contributed by atoms with Crippen molar-refractivity contribution in [1.29, 1.82) is 0 Å². The van der Waals surface area contributed by atoms with Crippen LogP contribution in [0.1, 0.15) is 55.6 Å². The van der Waals surface area contributed by atoms with Crippen LogP contribution in [0.2, 0.25) is 0 Å². The molecule has 1 aromatic carbocycles. The van der Waals surface area contributed by atoms with Crippen molar-refractivity contribution in [2.75, 3.05) is 0 Å². The van der Waals surface area contributed by atoms with Crippen molar-refractivity contribution in [1.82, 2.24) is 14.8 Å². The van der Waals surface area contributed by atoms with Gasteiger partial charge < -0.3 is 9.67 Å². The molecule has 1 aliphatic carbocycles. The molecule has 5 heteroatoms. The van der Waals surface area contributed by atoms with E-state index in [1.54, 1.807) is 11.8 Å². The molecule has 4 nitrogen and oxygen atoms in total. The fraction of sp³-hybridized carbons (Fsp3) is 0.500. The first-order chi connectivity index (χ1) is 10.2. The summed E-state index contributed by atoms with van der Waals surface area (Å²) in [6.07, 6.45) is 2.34. The summed E-state index contributed by atoms with van der Waals surface area (Å²) in [6.45, 7) is 4.38. The minimum atomic E-state index is -0.0346. The second kappa shape index (κ2) is 6.20. The quantitative estimate of drug-likeness (QED) is 0.830. The van der Waals surface area contributed by atoms with E-state index in [4.69, 9.17) is 0 Å². The largest absolute Gasteiger partial charge is 0.388 e. The second-order valence-corrected chi connectivity index (χ2v) is 6.79. The van der Waals surface area contributed by atoms with Gasteiger partial charge in [0.15, 0.2) is 11.0 Å². The second-order valence-electron chi connectivity index (χ2n) is 5.84. The summed E-state index contributed by atoms with van der Waals surface area (Å²) in [5.74, 6) is 2.14. The molecule has 0 radical (unpaired) electrons. The van der Waals surface area contributed by atoms with Crippen LogP contribution < -0.4 is 0 Å². The Bertz CT molecular complexity index is 602. The molecule has 112 valence electrons. The van der Waals surface area contributed by atoms with E-state index in [1.165, 1.54) is 24.0 Å². The van der Waals surface area contributed by atoms with Crippen LogP contribution in [0.4, 0.5) is 0 Å². The van der Waals surface area contributed by atoms with E-state index in [-0.39, 0.29) is 6.61 Å². The third-order valence-corrected chi connectivity index (χ3v) is 4.82. The average molecular weight is 303 g/mol. The molecular weight excluding hydrogens is 282 g/mol. The molecule has 1 saturated carbocycles. The van der Waals surface area contributed by atoms with E-state index in [2.05, 4.69) is 52.9 Å². The molecule has 1 heterocycles. The summed E-state index contributed by atoms with van der Waals surface area (Å²) in [7, 11) is 0. The van der Waals surface area contributed by atoms with Crippen molar-refractivity contribution in [3.05, 3.63) is 41.2 Å². The molecule has 0 amide bonds. The summed E-state index contributed by atoms with van der Waals surface area (Å²) in [4.78, 5) is 0. The summed E-state index contributed by atoms with van der Waals surface area (Å²) in [6, 6.07) is 9.27. The molecule has 0 bridgehead atoms. The molecule has 1 aliphatic rings. The fourth-order valence-corrected chi connectivity index (χ4v) is 3.34. The Morgan fingerprint density at radius 1 is 1.24 bits per heavy atom. The first-order valence-corrected chi connectivity index (χ1v) is 8.44. The van der Waals surface area contributed by atoms with Gasteiger partial charge in [0, 0.05) is 11.8 Å². The number of rotatable bonds is 6. The number of hydrogen-bond donors (Lipinski definition) is 1. The first kappa shape index (κ1) is 14.6. The molecule has 0 atom stereocenters. The normalized spacial score (nSPS) is 14.9. The van der Waals surface area contributed by atoms with Crippen LogP contribution in [-0.2, 0) is 12.4 Å². The maximum atomic E-state index is 9.34. The number of aromatic nitrogens is 3. The topological polar surface area (TPSA) is 50.9 Å². The van der Waals surface area contributed by atoms with Gasteiger partial charge in [-0.15, -0.1) is 10.2 Å². The van der Waals surface area contributed by atoms with Crippen LogP contribution in [0.5, 0.6) is 0 Å². The predicted molar refractivity (Wildman–Crippen MR) is 84.3 cm³/mol. The highest BCUT2D eigenvalue weighted by Crippen LogP contribution is 2.39. The van der Waals surface area contributed by atoms with Crippen molar-refractivity contribution in [2.24, 2.45) is 0 Å². The number of nitrogens with zero attached hydrogens (tertiary/aromatic N) is 3. The third kappa shape index (κ3) is 3.30. The van der Waals surface area contributed by atoms with Gasteiger partial charge in [0.2, 0.25) is 0 Å². The molecule has 3 rings (SSSR count). The lowest BCUT2D eigenvalue weighted by Gasteiger charge is -2.08. The molecule has 21 heavy (non-hydrogen) atoms.